The number of nitrogens with two attached hydrogens (primary N) is 1. The van der Waals surface area contributed by atoms with Gasteiger partial charge in [0, 0.05) is 0 Å². The van der Waals surface area contributed by atoms with E-state index in [9.17, 15) is 4.79 Å². The summed E-state index contributed by atoms with van der Waals surface area (Å²) in [5, 5.41) is 4.66. The van der Waals surface area contributed by atoms with Crippen LogP contribution in [0.25, 0.3) is 16.7 Å². The number of aromatic nitrogens is 4. The Labute approximate surface area is 109 Å². The Morgan fingerprint density at radius 2 is 2.05 bits per heavy atom. The van der Waals surface area contributed by atoms with Crippen LogP contribution >= 0.6 is 0 Å². The molecule has 0 saturated carbocycles. The van der Waals surface area contributed by atoms with Crippen LogP contribution in [-0.4, -0.2) is 19.4 Å². The van der Waals surface area contributed by atoms with Crippen LogP contribution in [-0.2, 0) is 0 Å². The maximum absolute atomic E-state index is 11.9. The molecule has 0 saturated heterocycles. The molecule has 0 aliphatic heterocycles. The van der Waals surface area contributed by atoms with E-state index in [0.29, 0.717) is 11.0 Å². The number of rotatable bonds is 1. The Hall–Kier alpha value is -2.63. The minimum Gasteiger partial charge on any atom is -0.335 e. The number of hydrogen-bond acceptors (Lipinski definition) is 4. The van der Waals surface area contributed by atoms with Crippen LogP contribution in [0.3, 0.4) is 0 Å². The molecule has 0 atom stereocenters. The molecule has 6 heteroatoms. The topological polar surface area (TPSA) is 78.7 Å². The molecule has 0 fully saturated rings. The lowest BCUT2D eigenvalue weighted by atomic mass is 10.1. The van der Waals surface area contributed by atoms with Gasteiger partial charge >= 0.3 is 0 Å². The molecule has 96 valence electrons. The molecule has 0 spiro atoms. The number of benzene rings is 1. The van der Waals surface area contributed by atoms with Gasteiger partial charge in [0.25, 0.3) is 5.56 Å². The van der Waals surface area contributed by atoms with E-state index < -0.39 is 0 Å². The number of hydrogen-bond donors (Lipinski definition) is 1. The van der Waals surface area contributed by atoms with E-state index in [2.05, 4.69) is 10.1 Å². The van der Waals surface area contributed by atoms with E-state index in [1.807, 2.05) is 32.0 Å². The number of nitrogen functional groups attached to an aromatic ring is 1. The normalized spacial score (nSPS) is 11.1. The molecular formula is C13H13N5O. The summed E-state index contributed by atoms with van der Waals surface area (Å²) in [5.74, 6) is 5.49. The lowest BCUT2D eigenvalue weighted by molar-refractivity contribution is 0.868. The fraction of sp³-hybridized carbons (Fsp3) is 0.154. The Morgan fingerprint density at radius 3 is 2.84 bits per heavy atom. The predicted molar refractivity (Wildman–Crippen MR) is 72.7 cm³/mol. The highest BCUT2D eigenvalue weighted by molar-refractivity contribution is 5.75. The maximum Gasteiger partial charge on any atom is 0.282 e. The second-order valence-electron chi connectivity index (χ2n) is 4.54. The number of fused-ring (bicyclic) bond motifs is 1. The van der Waals surface area contributed by atoms with Gasteiger partial charge in [-0.25, -0.2) is 14.3 Å². The molecule has 0 radical (unpaired) electrons. The molecule has 6 nitrogen and oxygen atoms in total. The van der Waals surface area contributed by atoms with Gasteiger partial charge in [0.2, 0.25) is 0 Å². The van der Waals surface area contributed by atoms with Crippen molar-refractivity contribution in [3.63, 3.8) is 0 Å². The molecule has 3 rings (SSSR count). The summed E-state index contributed by atoms with van der Waals surface area (Å²) in [4.78, 5) is 16.1. The molecule has 2 N–H and O–H groups in total. The highest BCUT2D eigenvalue weighted by atomic mass is 16.1. The van der Waals surface area contributed by atoms with Crippen LogP contribution in [0.4, 0.5) is 0 Å². The standard InChI is InChI=1S/C13H13N5O/c1-8-3-4-9(2)11(5-8)18-12-10(6-16-18)13(19)17(14)7-15-12/h3-7H,14H2,1-2H3. The molecular weight excluding hydrogens is 242 g/mol. The predicted octanol–water partition coefficient (Wildman–Crippen LogP) is 0.913. The lowest BCUT2D eigenvalue weighted by Gasteiger charge is -2.08. The molecule has 0 aliphatic rings. The van der Waals surface area contributed by atoms with Crippen molar-refractivity contribution in [2.75, 3.05) is 5.84 Å². The van der Waals surface area contributed by atoms with Gasteiger partial charge in [-0.05, 0) is 31.0 Å². The van der Waals surface area contributed by atoms with Gasteiger partial charge in [-0.3, -0.25) is 4.79 Å². The second-order valence-corrected chi connectivity index (χ2v) is 4.54. The minimum absolute atomic E-state index is 0.304. The largest absolute Gasteiger partial charge is 0.335 e. The van der Waals surface area contributed by atoms with Gasteiger partial charge in [-0.1, -0.05) is 12.1 Å². The molecule has 1 aromatic carbocycles. The minimum atomic E-state index is -0.304. The molecule has 2 heterocycles. The van der Waals surface area contributed by atoms with Crippen molar-refractivity contribution < 1.29 is 0 Å². The fourth-order valence-electron chi connectivity index (χ4n) is 2.05. The molecule has 0 unspecified atom stereocenters. The smallest absolute Gasteiger partial charge is 0.282 e. The maximum atomic E-state index is 11.9. The zero-order valence-electron chi connectivity index (χ0n) is 10.7. The SMILES string of the molecule is Cc1ccc(C)c(-n2ncc3c(=O)n(N)cnc32)c1. The zero-order chi connectivity index (χ0) is 13.6. The van der Waals surface area contributed by atoms with Gasteiger partial charge in [-0.2, -0.15) is 5.10 Å². The third-order valence-electron chi connectivity index (χ3n) is 3.11. The van der Waals surface area contributed by atoms with E-state index >= 15 is 0 Å². The van der Waals surface area contributed by atoms with Crippen LogP contribution in [0.1, 0.15) is 11.1 Å². The summed E-state index contributed by atoms with van der Waals surface area (Å²) < 4.78 is 2.62. The van der Waals surface area contributed by atoms with Gasteiger partial charge in [0.15, 0.2) is 5.65 Å². The van der Waals surface area contributed by atoms with E-state index in [-0.39, 0.29) is 5.56 Å². The van der Waals surface area contributed by atoms with Gasteiger partial charge < -0.3 is 5.84 Å². The zero-order valence-corrected chi connectivity index (χ0v) is 10.7. The summed E-state index contributed by atoms with van der Waals surface area (Å²) in [6, 6.07) is 6.06. The van der Waals surface area contributed by atoms with E-state index in [1.165, 1.54) is 12.5 Å². The molecule has 19 heavy (non-hydrogen) atoms. The first-order valence-corrected chi connectivity index (χ1v) is 5.86. The highest BCUT2D eigenvalue weighted by Gasteiger charge is 2.12. The summed E-state index contributed by atoms with van der Waals surface area (Å²) in [7, 11) is 0. The summed E-state index contributed by atoms with van der Waals surface area (Å²) in [6.07, 6.45) is 2.80. The summed E-state index contributed by atoms with van der Waals surface area (Å²) >= 11 is 0. The monoisotopic (exact) mass is 255 g/mol. The van der Waals surface area contributed by atoms with Crippen molar-refractivity contribution in [2.24, 2.45) is 0 Å². The van der Waals surface area contributed by atoms with Gasteiger partial charge in [-0.15, -0.1) is 0 Å². The average molecular weight is 255 g/mol. The van der Waals surface area contributed by atoms with Crippen molar-refractivity contribution in [1.29, 1.82) is 0 Å². The third kappa shape index (κ3) is 1.69. The Bertz CT molecular complexity index is 831. The van der Waals surface area contributed by atoms with E-state index in [4.69, 9.17) is 5.84 Å². The lowest BCUT2D eigenvalue weighted by Crippen LogP contribution is -2.27. The molecule has 3 aromatic rings. The highest BCUT2D eigenvalue weighted by Crippen LogP contribution is 2.18. The Morgan fingerprint density at radius 1 is 1.26 bits per heavy atom. The van der Waals surface area contributed by atoms with Crippen LogP contribution < -0.4 is 11.4 Å². The first kappa shape index (κ1) is 11.5. The third-order valence-corrected chi connectivity index (χ3v) is 3.11. The first-order chi connectivity index (χ1) is 9.08. The average Bonchev–Trinajstić information content (AvgIpc) is 2.81. The van der Waals surface area contributed by atoms with Crippen LogP contribution in [0.15, 0.2) is 35.5 Å². The second kappa shape index (κ2) is 3.94. The number of nitrogens with zero attached hydrogens (tertiary/aromatic N) is 4. The van der Waals surface area contributed by atoms with Crippen LogP contribution in [0, 0.1) is 13.8 Å². The molecule has 0 amide bonds. The number of aryl methyl sites for hydroxylation is 2. The first-order valence-electron chi connectivity index (χ1n) is 5.86. The molecule has 0 bridgehead atoms. The van der Waals surface area contributed by atoms with Crippen LogP contribution in [0.2, 0.25) is 0 Å². The van der Waals surface area contributed by atoms with Crippen molar-refractivity contribution in [3.05, 3.63) is 52.2 Å². The van der Waals surface area contributed by atoms with Gasteiger partial charge in [0.1, 0.15) is 11.7 Å². The Balaban J connectivity index is 2.35. The fourth-order valence-corrected chi connectivity index (χ4v) is 2.05. The molecule has 0 aliphatic carbocycles. The molecule has 2 aromatic heterocycles. The van der Waals surface area contributed by atoms with Crippen LogP contribution in [0.5, 0.6) is 0 Å². The summed E-state index contributed by atoms with van der Waals surface area (Å²) in [6.45, 7) is 4.00. The van der Waals surface area contributed by atoms with E-state index in [0.717, 1.165) is 21.5 Å². The van der Waals surface area contributed by atoms with Crippen molar-refractivity contribution in [1.82, 2.24) is 19.4 Å². The van der Waals surface area contributed by atoms with E-state index in [1.54, 1.807) is 4.68 Å². The van der Waals surface area contributed by atoms with Gasteiger partial charge in [0.05, 0.1) is 11.9 Å². The summed E-state index contributed by atoms with van der Waals surface area (Å²) in [5.41, 5.74) is 3.31. The Kier molecular flexibility index (Phi) is 2.38. The van der Waals surface area contributed by atoms with Crippen molar-refractivity contribution >= 4 is 11.0 Å². The van der Waals surface area contributed by atoms with Crippen molar-refractivity contribution in [3.8, 4) is 5.69 Å². The van der Waals surface area contributed by atoms with Crippen molar-refractivity contribution in [2.45, 2.75) is 13.8 Å². The quantitative estimate of drug-likeness (QED) is 0.656.